The van der Waals surface area contributed by atoms with Gasteiger partial charge in [-0.05, 0) is 58.1 Å². The van der Waals surface area contributed by atoms with Crippen LogP contribution in [0.1, 0.15) is 51.7 Å². The molecule has 0 fully saturated rings. The molecule has 1 aliphatic rings. The number of amides is 2. The summed E-state index contributed by atoms with van der Waals surface area (Å²) in [7, 11) is 0. The van der Waals surface area contributed by atoms with Crippen LogP contribution in [0.15, 0.2) is 24.3 Å². The third-order valence-electron chi connectivity index (χ3n) is 4.24. The van der Waals surface area contributed by atoms with E-state index >= 15 is 0 Å². The minimum Gasteiger partial charge on any atom is -0.444 e. The van der Waals surface area contributed by atoms with Crippen LogP contribution in [0.3, 0.4) is 0 Å². The molecule has 0 saturated heterocycles. The van der Waals surface area contributed by atoms with Crippen molar-refractivity contribution in [1.82, 2.24) is 10.6 Å². The standard InChI is InChI=1S/C19H28N2O4/c1-13(21-17(23)25-18(2,3)4)16(22)20-12-19(24)11-7-9-14-8-5-6-10-15(14)19/h5-6,8,10,13,24H,7,9,11-12H2,1-4H3,(H,20,22)(H,21,23)/t13-,19?/m0/s1. The molecule has 0 aliphatic heterocycles. The lowest BCUT2D eigenvalue weighted by Crippen LogP contribution is -2.50. The third-order valence-corrected chi connectivity index (χ3v) is 4.24. The summed E-state index contributed by atoms with van der Waals surface area (Å²) in [5.74, 6) is -0.359. The normalized spacial score (nSPS) is 21.0. The van der Waals surface area contributed by atoms with Crippen LogP contribution in [0.4, 0.5) is 4.79 Å². The zero-order valence-electron chi connectivity index (χ0n) is 15.4. The number of rotatable bonds is 4. The number of fused-ring (bicyclic) bond motifs is 1. The van der Waals surface area contributed by atoms with Crippen molar-refractivity contribution in [3.05, 3.63) is 35.4 Å². The Bertz CT molecular complexity index is 639. The maximum absolute atomic E-state index is 12.2. The van der Waals surface area contributed by atoms with E-state index in [1.807, 2.05) is 24.3 Å². The van der Waals surface area contributed by atoms with Crippen molar-refractivity contribution in [3.8, 4) is 0 Å². The second kappa shape index (κ2) is 7.44. The number of aliphatic hydroxyl groups is 1. The van der Waals surface area contributed by atoms with E-state index in [9.17, 15) is 14.7 Å². The molecule has 6 heteroatoms. The Labute approximate surface area is 149 Å². The average molecular weight is 348 g/mol. The Morgan fingerprint density at radius 1 is 1.32 bits per heavy atom. The van der Waals surface area contributed by atoms with E-state index in [0.29, 0.717) is 6.42 Å². The molecule has 1 aliphatic carbocycles. The molecule has 1 aromatic rings. The van der Waals surface area contributed by atoms with E-state index in [4.69, 9.17) is 4.74 Å². The number of aryl methyl sites for hydroxylation is 1. The summed E-state index contributed by atoms with van der Waals surface area (Å²) in [5, 5.41) is 16.2. The lowest BCUT2D eigenvalue weighted by Gasteiger charge is -2.35. The van der Waals surface area contributed by atoms with Gasteiger partial charge in [-0.2, -0.15) is 0 Å². The number of hydrogen-bond acceptors (Lipinski definition) is 4. The Morgan fingerprint density at radius 2 is 2.00 bits per heavy atom. The largest absolute Gasteiger partial charge is 0.444 e. The summed E-state index contributed by atoms with van der Waals surface area (Å²) >= 11 is 0. The van der Waals surface area contributed by atoms with Crippen molar-refractivity contribution >= 4 is 12.0 Å². The van der Waals surface area contributed by atoms with Gasteiger partial charge in [0, 0.05) is 0 Å². The molecule has 138 valence electrons. The van der Waals surface area contributed by atoms with Crippen molar-refractivity contribution in [2.45, 2.75) is 64.2 Å². The molecule has 0 spiro atoms. The van der Waals surface area contributed by atoms with Crippen LogP contribution in [0, 0.1) is 0 Å². The fraction of sp³-hybridized carbons (Fsp3) is 0.579. The molecule has 0 bridgehead atoms. The van der Waals surface area contributed by atoms with Crippen molar-refractivity contribution in [3.63, 3.8) is 0 Å². The number of alkyl carbamates (subject to hydrolysis) is 1. The zero-order chi connectivity index (χ0) is 18.7. The van der Waals surface area contributed by atoms with E-state index in [2.05, 4.69) is 10.6 Å². The van der Waals surface area contributed by atoms with Crippen molar-refractivity contribution in [2.24, 2.45) is 0 Å². The van der Waals surface area contributed by atoms with Gasteiger partial charge >= 0.3 is 6.09 Å². The highest BCUT2D eigenvalue weighted by atomic mass is 16.6. The lowest BCUT2D eigenvalue weighted by molar-refractivity contribution is -0.124. The first-order valence-electron chi connectivity index (χ1n) is 8.69. The predicted molar refractivity (Wildman–Crippen MR) is 95.1 cm³/mol. The van der Waals surface area contributed by atoms with Gasteiger partial charge in [0.15, 0.2) is 0 Å². The molecule has 2 amide bonds. The zero-order valence-corrected chi connectivity index (χ0v) is 15.4. The van der Waals surface area contributed by atoms with E-state index in [-0.39, 0.29) is 12.5 Å². The molecule has 2 atom stereocenters. The van der Waals surface area contributed by atoms with Gasteiger partial charge in [0.2, 0.25) is 5.91 Å². The van der Waals surface area contributed by atoms with E-state index < -0.39 is 23.3 Å². The summed E-state index contributed by atoms with van der Waals surface area (Å²) < 4.78 is 5.14. The van der Waals surface area contributed by atoms with E-state index in [1.54, 1.807) is 27.7 Å². The summed E-state index contributed by atoms with van der Waals surface area (Å²) in [6.07, 6.45) is 1.76. The van der Waals surface area contributed by atoms with Crippen LogP contribution >= 0.6 is 0 Å². The smallest absolute Gasteiger partial charge is 0.408 e. The van der Waals surface area contributed by atoms with Gasteiger partial charge in [-0.1, -0.05) is 24.3 Å². The first-order chi connectivity index (χ1) is 11.6. The minimum absolute atomic E-state index is 0.114. The predicted octanol–water partition coefficient (Wildman–Crippen LogP) is 2.24. The Hall–Kier alpha value is -2.08. The third kappa shape index (κ3) is 5.19. The van der Waals surface area contributed by atoms with Gasteiger partial charge in [0.1, 0.15) is 17.2 Å². The van der Waals surface area contributed by atoms with Crippen LogP contribution < -0.4 is 10.6 Å². The van der Waals surface area contributed by atoms with Crippen molar-refractivity contribution in [2.75, 3.05) is 6.54 Å². The first kappa shape index (κ1) is 19.2. The first-order valence-corrected chi connectivity index (χ1v) is 8.69. The SMILES string of the molecule is C[C@H](NC(=O)OC(C)(C)C)C(=O)NCC1(O)CCCc2ccccc21. The molecule has 0 aromatic heterocycles. The average Bonchev–Trinajstić information content (AvgIpc) is 2.51. The molecule has 25 heavy (non-hydrogen) atoms. The van der Waals surface area contributed by atoms with Crippen LogP contribution in [-0.4, -0.2) is 35.3 Å². The maximum Gasteiger partial charge on any atom is 0.408 e. The maximum atomic E-state index is 12.2. The topological polar surface area (TPSA) is 87.7 Å². The van der Waals surface area contributed by atoms with E-state index in [1.165, 1.54) is 0 Å². The highest BCUT2D eigenvalue weighted by molar-refractivity contribution is 5.85. The molecule has 0 heterocycles. The second-order valence-electron chi connectivity index (χ2n) is 7.63. The molecular formula is C19H28N2O4. The molecule has 1 unspecified atom stereocenters. The number of carbonyl (C=O) groups excluding carboxylic acids is 2. The quantitative estimate of drug-likeness (QED) is 0.779. The molecule has 0 radical (unpaired) electrons. The molecule has 3 N–H and O–H groups in total. The lowest BCUT2D eigenvalue weighted by atomic mass is 9.79. The van der Waals surface area contributed by atoms with Gasteiger partial charge in [-0.25, -0.2) is 4.79 Å². The molecule has 0 saturated carbocycles. The fourth-order valence-corrected chi connectivity index (χ4v) is 3.02. The number of hydrogen-bond donors (Lipinski definition) is 3. The summed E-state index contributed by atoms with van der Waals surface area (Å²) in [6, 6.07) is 7.01. The molecule has 2 rings (SSSR count). The monoisotopic (exact) mass is 348 g/mol. The molecule has 6 nitrogen and oxygen atoms in total. The Balaban J connectivity index is 1.92. The van der Waals surface area contributed by atoms with Crippen molar-refractivity contribution in [1.29, 1.82) is 0 Å². The fourth-order valence-electron chi connectivity index (χ4n) is 3.02. The van der Waals surface area contributed by atoms with E-state index in [0.717, 1.165) is 24.0 Å². The summed E-state index contributed by atoms with van der Waals surface area (Å²) in [5.41, 5.74) is 0.289. The Morgan fingerprint density at radius 3 is 2.68 bits per heavy atom. The highest BCUT2D eigenvalue weighted by Crippen LogP contribution is 2.34. The number of nitrogens with one attached hydrogen (secondary N) is 2. The molecule has 1 aromatic carbocycles. The van der Waals surface area contributed by atoms with Gasteiger partial charge in [0.25, 0.3) is 0 Å². The summed E-state index contributed by atoms with van der Waals surface area (Å²) in [6.45, 7) is 6.97. The van der Waals surface area contributed by atoms with Gasteiger partial charge in [0.05, 0.1) is 6.54 Å². The summed E-state index contributed by atoms with van der Waals surface area (Å²) in [4.78, 5) is 24.0. The van der Waals surface area contributed by atoms with Gasteiger partial charge < -0.3 is 20.5 Å². The number of carbonyl (C=O) groups is 2. The second-order valence-corrected chi connectivity index (χ2v) is 7.63. The van der Waals surface area contributed by atoms with Crippen LogP contribution in [0.5, 0.6) is 0 Å². The van der Waals surface area contributed by atoms with Gasteiger partial charge in [-0.3, -0.25) is 4.79 Å². The van der Waals surface area contributed by atoms with Crippen LogP contribution in [0.25, 0.3) is 0 Å². The Kier molecular flexibility index (Phi) is 5.72. The van der Waals surface area contributed by atoms with Crippen LogP contribution in [-0.2, 0) is 21.6 Å². The highest BCUT2D eigenvalue weighted by Gasteiger charge is 2.34. The number of benzene rings is 1. The number of ether oxygens (including phenoxy) is 1. The van der Waals surface area contributed by atoms with Gasteiger partial charge in [-0.15, -0.1) is 0 Å². The minimum atomic E-state index is -1.07. The molecular weight excluding hydrogens is 320 g/mol. The van der Waals surface area contributed by atoms with Crippen molar-refractivity contribution < 1.29 is 19.4 Å². The van der Waals surface area contributed by atoms with Crippen LogP contribution in [0.2, 0.25) is 0 Å².